The van der Waals surface area contributed by atoms with Crippen LogP contribution in [-0.4, -0.2) is 28.4 Å². The number of amides is 1. The molecule has 5 nitrogen and oxygen atoms in total. The lowest BCUT2D eigenvalue weighted by Crippen LogP contribution is -2.25. The number of hydrogen-bond acceptors (Lipinski definition) is 3. The highest BCUT2D eigenvalue weighted by atomic mass is 19.4. The average molecular weight is 377 g/mol. The molecule has 0 saturated heterocycles. The van der Waals surface area contributed by atoms with Gasteiger partial charge in [0.2, 0.25) is 0 Å². The number of halogens is 3. The van der Waals surface area contributed by atoms with Crippen LogP contribution < -0.4 is 10.1 Å². The van der Waals surface area contributed by atoms with Crippen molar-refractivity contribution >= 4 is 11.6 Å². The van der Waals surface area contributed by atoms with Crippen molar-refractivity contribution in [3.8, 4) is 5.75 Å². The number of carbonyl (C=O) groups excluding carboxylic acids is 1. The second-order valence-corrected chi connectivity index (χ2v) is 5.85. The summed E-state index contributed by atoms with van der Waals surface area (Å²) in [6, 6.07) is 7.81. The van der Waals surface area contributed by atoms with Gasteiger partial charge in [0.05, 0.1) is 17.9 Å². The van der Waals surface area contributed by atoms with Crippen molar-refractivity contribution in [1.82, 2.24) is 14.7 Å². The summed E-state index contributed by atoms with van der Waals surface area (Å²) in [6.07, 6.45) is -0.227. The van der Waals surface area contributed by atoms with Crippen molar-refractivity contribution in [2.45, 2.75) is 19.5 Å². The SMILES string of the molecule is CCOc1cccn2cc(CCNC(=O)c3ccc(C(F)(F)F)cc3)nc12. The molecule has 0 aliphatic heterocycles. The fourth-order valence-corrected chi connectivity index (χ4v) is 2.64. The van der Waals surface area contributed by atoms with E-state index in [0.717, 1.165) is 30.0 Å². The van der Waals surface area contributed by atoms with E-state index in [9.17, 15) is 18.0 Å². The second-order valence-electron chi connectivity index (χ2n) is 5.85. The van der Waals surface area contributed by atoms with E-state index in [1.165, 1.54) is 0 Å². The largest absolute Gasteiger partial charge is 0.490 e. The molecular formula is C19H18F3N3O2. The zero-order valence-corrected chi connectivity index (χ0v) is 14.6. The van der Waals surface area contributed by atoms with Gasteiger partial charge in [-0.25, -0.2) is 4.98 Å². The Morgan fingerprint density at radius 1 is 1.22 bits per heavy atom. The minimum absolute atomic E-state index is 0.177. The van der Waals surface area contributed by atoms with Crippen LogP contribution in [0.1, 0.15) is 28.5 Å². The number of fused-ring (bicyclic) bond motifs is 1. The molecule has 0 spiro atoms. The number of hydrogen-bond donors (Lipinski definition) is 1. The van der Waals surface area contributed by atoms with Crippen molar-refractivity contribution in [2.24, 2.45) is 0 Å². The minimum atomic E-state index is -4.42. The Balaban J connectivity index is 1.60. The van der Waals surface area contributed by atoms with Crippen LogP contribution in [0, 0.1) is 0 Å². The van der Waals surface area contributed by atoms with Gasteiger partial charge in [-0.3, -0.25) is 4.79 Å². The van der Waals surface area contributed by atoms with Crippen molar-refractivity contribution in [3.63, 3.8) is 0 Å². The van der Waals surface area contributed by atoms with Gasteiger partial charge in [0.1, 0.15) is 0 Å². The first-order chi connectivity index (χ1) is 12.9. The summed E-state index contributed by atoms with van der Waals surface area (Å²) in [5.74, 6) is 0.252. The van der Waals surface area contributed by atoms with Gasteiger partial charge in [-0.15, -0.1) is 0 Å². The molecule has 3 aromatic rings. The number of benzene rings is 1. The molecule has 2 aromatic heterocycles. The minimum Gasteiger partial charge on any atom is -0.490 e. The molecule has 0 fully saturated rings. The van der Waals surface area contributed by atoms with E-state index in [-0.39, 0.29) is 5.56 Å². The van der Waals surface area contributed by atoms with Crippen LogP contribution in [-0.2, 0) is 12.6 Å². The van der Waals surface area contributed by atoms with Crippen LogP contribution in [0.4, 0.5) is 13.2 Å². The molecule has 0 aliphatic carbocycles. The van der Waals surface area contributed by atoms with E-state index in [1.54, 1.807) is 0 Å². The van der Waals surface area contributed by atoms with Gasteiger partial charge in [0.25, 0.3) is 5.91 Å². The number of aromatic nitrogens is 2. The van der Waals surface area contributed by atoms with Crippen molar-refractivity contribution < 1.29 is 22.7 Å². The fraction of sp³-hybridized carbons (Fsp3) is 0.263. The summed E-state index contributed by atoms with van der Waals surface area (Å²) >= 11 is 0. The molecule has 1 N–H and O–H groups in total. The highest BCUT2D eigenvalue weighted by molar-refractivity contribution is 5.94. The van der Waals surface area contributed by atoms with Gasteiger partial charge in [-0.2, -0.15) is 13.2 Å². The summed E-state index contributed by atoms with van der Waals surface area (Å²) in [5.41, 5.74) is 0.865. The average Bonchev–Trinajstić information content (AvgIpc) is 3.05. The van der Waals surface area contributed by atoms with Crippen LogP contribution in [0.2, 0.25) is 0 Å². The van der Waals surface area contributed by atoms with E-state index in [4.69, 9.17) is 4.74 Å². The topological polar surface area (TPSA) is 55.6 Å². The molecule has 0 bridgehead atoms. The number of alkyl halides is 3. The third-order valence-electron chi connectivity index (χ3n) is 3.94. The van der Waals surface area contributed by atoms with Crippen molar-refractivity contribution in [3.05, 3.63) is 65.6 Å². The van der Waals surface area contributed by atoms with E-state index in [2.05, 4.69) is 10.3 Å². The van der Waals surface area contributed by atoms with E-state index in [1.807, 2.05) is 35.9 Å². The van der Waals surface area contributed by atoms with Gasteiger partial charge in [-0.05, 0) is 43.3 Å². The molecule has 1 aromatic carbocycles. The van der Waals surface area contributed by atoms with Gasteiger partial charge in [0, 0.05) is 30.9 Å². The Morgan fingerprint density at radius 3 is 2.63 bits per heavy atom. The lowest BCUT2D eigenvalue weighted by atomic mass is 10.1. The molecule has 8 heteroatoms. The lowest BCUT2D eigenvalue weighted by molar-refractivity contribution is -0.137. The lowest BCUT2D eigenvalue weighted by Gasteiger charge is -2.08. The Labute approximate surface area is 153 Å². The second kappa shape index (κ2) is 7.69. The van der Waals surface area contributed by atoms with Crippen LogP contribution >= 0.6 is 0 Å². The number of carbonyl (C=O) groups is 1. The number of nitrogens with zero attached hydrogens (tertiary/aromatic N) is 2. The molecule has 0 saturated carbocycles. The maximum Gasteiger partial charge on any atom is 0.416 e. The molecule has 27 heavy (non-hydrogen) atoms. The van der Waals surface area contributed by atoms with Gasteiger partial charge in [-0.1, -0.05) is 0 Å². The summed E-state index contributed by atoms with van der Waals surface area (Å²) in [4.78, 5) is 16.6. The number of ether oxygens (including phenoxy) is 1. The number of nitrogens with one attached hydrogen (secondary N) is 1. The predicted molar refractivity (Wildman–Crippen MR) is 93.8 cm³/mol. The molecule has 142 valence electrons. The third-order valence-corrected chi connectivity index (χ3v) is 3.94. The first kappa shape index (κ1) is 18.8. The van der Waals surface area contributed by atoms with Gasteiger partial charge >= 0.3 is 6.18 Å². The van der Waals surface area contributed by atoms with Crippen LogP contribution in [0.5, 0.6) is 5.75 Å². The zero-order chi connectivity index (χ0) is 19.4. The van der Waals surface area contributed by atoms with Crippen LogP contribution in [0.15, 0.2) is 48.8 Å². The smallest absolute Gasteiger partial charge is 0.416 e. The predicted octanol–water partition coefficient (Wildman–Crippen LogP) is 3.72. The Bertz CT molecular complexity index is 934. The number of rotatable bonds is 6. The van der Waals surface area contributed by atoms with Gasteiger partial charge < -0.3 is 14.5 Å². The number of pyridine rings is 1. The Hall–Kier alpha value is -3.03. The normalized spacial score (nSPS) is 11.6. The quantitative estimate of drug-likeness (QED) is 0.712. The molecule has 0 atom stereocenters. The maximum absolute atomic E-state index is 12.6. The molecule has 1 amide bonds. The Kier molecular flexibility index (Phi) is 5.34. The standard InChI is InChI=1S/C19H18F3N3O2/c1-2-27-16-4-3-11-25-12-15(24-17(16)25)9-10-23-18(26)13-5-7-14(8-6-13)19(20,21)22/h3-8,11-12H,2,9-10H2,1H3,(H,23,26). The van der Waals surface area contributed by atoms with Crippen LogP contribution in [0.25, 0.3) is 5.65 Å². The third kappa shape index (κ3) is 4.39. The summed E-state index contributed by atoms with van der Waals surface area (Å²) in [6.45, 7) is 2.74. The van der Waals surface area contributed by atoms with Crippen LogP contribution in [0.3, 0.4) is 0 Å². The molecule has 0 unspecified atom stereocenters. The van der Waals surface area contributed by atoms with E-state index < -0.39 is 17.6 Å². The van der Waals surface area contributed by atoms with E-state index in [0.29, 0.717) is 31.0 Å². The monoisotopic (exact) mass is 377 g/mol. The molecule has 0 aliphatic rings. The molecule has 2 heterocycles. The molecule has 3 rings (SSSR count). The summed E-state index contributed by atoms with van der Waals surface area (Å²) < 4.78 is 45.1. The Morgan fingerprint density at radius 2 is 1.96 bits per heavy atom. The molecular weight excluding hydrogens is 359 g/mol. The van der Waals surface area contributed by atoms with Gasteiger partial charge in [0.15, 0.2) is 11.4 Å². The first-order valence-corrected chi connectivity index (χ1v) is 8.43. The first-order valence-electron chi connectivity index (χ1n) is 8.43. The van der Waals surface area contributed by atoms with Crippen molar-refractivity contribution in [1.29, 1.82) is 0 Å². The number of imidazole rings is 1. The zero-order valence-electron chi connectivity index (χ0n) is 14.6. The van der Waals surface area contributed by atoms with E-state index >= 15 is 0 Å². The summed E-state index contributed by atoms with van der Waals surface area (Å²) in [5, 5.41) is 2.69. The fourth-order valence-electron chi connectivity index (χ4n) is 2.64. The molecule has 0 radical (unpaired) electrons. The van der Waals surface area contributed by atoms with Crippen molar-refractivity contribution in [2.75, 3.05) is 13.2 Å². The summed E-state index contributed by atoms with van der Waals surface area (Å²) in [7, 11) is 0. The highest BCUT2D eigenvalue weighted by Crippen LogP contribution is 2.29. The maximum atomic E-state index is 12.6. The highest BCUT2D eigenvalue weighted by Gasteiger charge is 2.30.